The van der Waals surface area contributed by atoms with Gasteiger partial charge in [0.25, 0.3) is 0 Å². The van der Waals surface area contributed by atoms with Crippen molar-refractivity contribution in [2.45, 2.75) is 30.5 Å². The minimum absolute atomic E-state index is 0.613. The van der Waals surface area contributed by atoms with Gasteiger partial charge in [0.15, 0.2) is 0 Å². The first-order valence-corrected chi connectivity index (χ1v) is 8.19. The van der Waals surface area contributed by atoms with E-state index in [4.69, 9.17) is 0 Å². The van der Waals surface area contributed by atoms with Gasteiger partial charge >= 0.3 is 0 Å². The van der Waals surface area contributed by atoms with E-state index in [0.717, 1.165) is 17.8 Å². The SMILES string of the molecule is Brc1ccc(C(Br)C2C3CCCCC32)s1. The molecular weight excluding hydrogens is 336 g/mol. The van der Waals surface area contributed by atoms with Gasteiger partial charge in [-0.25, -0.2) is 0 Å². The highest BCUT2D eigenvalue weighted by atomic mass is 79.9. The third-order valence-corrected chi connectivity index (χ3v) is 7.04. The fourth-order valence-electron chi connectivity index (χ4n) is 3.15. The summed E-state index contributed by atoms with van der Waals surface area (Å²) in [6.45, 7) is 0. The molecule has 3 unspecified atom stereocenters. The summed E-state index contributed by atoms with van der Waals surface area (Å²) in [5.41, 5.74) is 0. The Morgan fingerprint density at radius 2 is 1.87 bits per heavy atom. The van der Waals surface area contributed by atoms with E-state index in [-0.39, 0.29) is 0 Å². The third-order valence-electron chi connectivity index (χ3n) is 3.93. The molecule has 0 spiro atoms. The van der Waals surface area contributed by atoms with Gasteiger partial charge in [-0.3, -0.25) is 0 Å². The van der Waals surface area contributed by atoms with Gasteiger partial charge in [-0.2, -0.15) is 0 Å². The first-order chi connectivity index (χ1) is 7.27. The number of hydrogen-bond donors (Lipinski definition) is 0. The van der Waals surface area contributed by atoms with Crippen LogP contribution < -0.4 is 0 Å². The van der Waals surface area contributed by atoms with Crippen molar-refractivity contribution in [3.8, 4) is 0 Å². The highest BCUT2D eigenvalue weighted by Crippen LogP contribution is 2.63. The molecule has 2 aliphatic rings. The lowest BCUT2D eigenvalue weighted by molar-refractivity contribution is 0.480. The van der Waals surface area contributed by atoms with Crippen LogP contribution in [-0.2, 0) is 0 Å². The Balaban J connectivity index is 1.73. The molecule has 2 fully saturated rings. The third kappa shape index (κ3) is 1.96. The van der Waals surface area contributed by atoms with Crippen LogP contribution in [0.15, 0.2) is 15.9 Å². The quantitative estimate of drug-likeness (QED) is 0.628. The second-order valence-corrected chi connectivity index (χ2v) is 8.21. The fourth-order valence-corrected chi connectivity index (χ4v) is 5.83. The minimum atomic E-state index is 0.613. The number of rotatable bonds is 2. The van der Waals surface area contributed by atoms with Gasteiger partial charge < -0.3 is 0 Å². The standard InChI is InChI=1S/C12H14Br2S/c13-10-6-5-9(15-10)12(14)11-7-3-1-2-4-8(7)11/h5-8,11-12H,1-4H2. The first-order valence-electron chi connectivity index (χ1n) is 5.66. The molecule has 1 aromatic rings. The Morgan fingerprint density at radius 1 is 1.20 bits per heavy atom. The summed E-state index contributed by atoms with van der Waals surface area (Å²) < 4.78 is 1.26. The summed E-state index contributed by atoms with van der Waals surface area (Å²) in [6.07, 6.45) is 5.88. The largest absolute Gasteiger partial charge is 0.132 e. The lowest BCUT2D eigenvalue weighted by Crippen LogP contribution is -1.91. The van der Waals surface area contributed by atoms with Crippen LogP contribution in [-0.4, -0.2) is 0 Å². The number of alkyl halides is 1. The molecule has 2 aliphatic carbocycles. The van der Waals surface area contributed by atoms with Crippen molar-refractivity contribution in [1.29, 1.82) is 0 Å². The van der Waals surface area contributed by atoms with Gasteiger partial charge in [0.1, 0.15) is 0 Å². The molecule has 3 rings (SSSR count). The summed E-state index contributed by atoms with van der Waals surface area (Å²) in [6, 6.07) is 4.43. The van der Waals surface area contributed by atoms with Gasteiger partial charge in [0, 0.05) is 4.88 Å². The number of thiophene rings is 1. The molecule has 0 amide bonds. The van der Waals surface area contributed by atoms with Crippen molar-refractivity contribution in [2.24, 2.45) is 17.8 Å². The van der Waals surface area contributed by atoms with Crippen LogP contribution in [0.4, 0.5) is 0 Å². The molecule has 2 saturated carbocycles. The summed E-state index contributed by atoms with van der Waals surface area (Å²) in [7, 11) is 0. The van der Waals surface area contributed by atoms with Crippen molar-refractivity contribution in [2.75, 3.05) is 0 Å². The molecule has 0 saturated heterocycles. The lowest BCUT2D eigenvalue weighted by atomic mass is 10.0. The predicted octanol–water partition coefficient (Wildman–Crippen LogP) is 5.38. The van der Waals surface area contributed by atoms with Crippen LogP contribution in [0.3, 0.4) is 0 Å². The smallest absolute Gasteiger partial charge is 0.0701 e. The molecule has 0 radical (unpaired) electrons. The van der Waals surface area contributed by atoms with Gasteiger partial charge in [0.2, 0.25) is 0 Å². The van der Waals surface area contributed by atoms with Crippen molar-refractivity contribution in [1.82, 2.24) is 0 Å². The van der Waals surface area contributed by atoms with E-state index >= 15 is 0 Å². The maximum Gasteiger partial charge on any atom is 0.0701 e. The zero-order valence-electron chi connectivity index (χ0n) is 8.46. The zero-order valence-corrected chi connectivity index (χ0v) is 12.4. The van der Waals surface area contributed by atoms with E-state index in [1.54, 1.807) is 0 Å². The lowest BCUT2D eigenvalue weighted by Gasteiger charge is -2.05. The van der Waals surface area contributed by atoms with Crippen molar-refractivity contribution in [3.63, 3.8) is 0 Å². The van der Waals surface area contributed by atoms with Crippen LogP contribution >= 0.6 is 43.2 Å². The van der Waals surface area contributed by atoms with Gasteiger partial charge in [-0.15, -0.1) is 11.3 Å². The molecule has 0 aliphatic heterocycles. The monoisotopic (exact) mass is 348 g/mol. The van der Waals surface area contributed by atoms with Gasteiger partial charge in [-0.1, -0.05) is 28.8 Å². The molecule has 1 aromatic heterocycles. The average molecular weight is 350 g/mol. The minimum Gasteiger partial charge on any atom is -0.132 e. The van der Waals surface area contributed by atoms with E-state index in [1.165, 1.54) is 34.3 Å². The maximum absolute atomic E-state index is 3.91. The Kier molecular flexibility index (Phi) is 2.99. The number of hydrogen-bond acceptors (Lipinski definition) is 1. The Hall–Kier alpha value is 0.660. The highest BCUT2D eigenvalue weighted by molar-refractivity contribution is 9.11. The Bertz CT molecular complexity index is 348. The molecule has 1 heterocycles. The van der Waals surface area contributed by atoms with Gasteiger partial charge in [0.05, 0.1) is 8.61 Å². The Morgan fingerprint density at radius 3 is 2.40 bits per heavy atom. The summed E-state index contributed by atoms with van der Waals surface area (Å²) in [4.78, 5) is 2.11. The molecule has 0 nitrogen and oxygen atoms in total. The molecule has 0 bridgehead atoms. The molecule has 82 valence electrons. The van der Waals surface area contributed by atoms with Gasteiger partial charge in [-0.05, 0) is 58.7 Å². The van der Waals surface area contributed by atoms with E-state index in [0.29, 0.717) is 4.83 Å². The second-order valence-electron chi connectivity index (χ2n) is 4.73. The van der Waals surface area contributed by atoms with Crippen LogP contribution in [0.25, 0.3) is 0 Å². The van der Waals surface area contributed by atoms with Crippen molar-refractivity contribution in [3.05, 3.63) is 20.8 Å². The summed E-state index contributed by atoms with van der Waals surface area (Å²) >= 11 is 9.33. The maximum atomic E-state index is 3.91. The van der Waals surface area contributed by atoms with Crippen molar-refractivity contribution >= 4 is 43.2 Å². The molecule has 3 heteroatoms. The zero-order chi connectivity index (χ0) is 10.4. The molecule has 0 aromatic carbocycles. The van der Waals surface area contributed by atoms with Crippen LogP contribution in [0.1, 0.15) is 35.4 Å². The summed E-state index contributed by atoms with van der Waals surface area (Å²) in [5, 5.41) is 0. The van der Waals surface area contributed by atoms with E-state index in [2.05, 4.69) is 44.0 Å². The fraction of sp³-hybridized carbons (Fsp3) is 0.667. The van der Waals surface area contributed by atoms with Crippen LogP contribution in [0, 0.1) is 17.8 Å². The molecule has 0 N–H and O–H groups in total. The van der Waals surface area contributed by atoms with Crippen molar-refractivity contribution < 1.29 is 0 Å². The van der Waals surface area contributed by atoms with Crippen LogP contribution in [0.5, 0.6) is 0 Å². The normalized spacial score (nSPS) is 36.0. The topological polar surface area (TPSA) is 0 Å². The molecular formula is C12H14Br2S. The highest BCUT2D eigenvalue weighted by Gasteiger charge is 2.53. The predicted molar refractivity (Wildman–Crippen MR) is 72.6 cm³/mol. The van der Waals surface area contributed by atoms with E-state index < -0.39 is 0 Å². The second kappa shape index (κ2) is 4.15. The number of halogens is 2. The average Bonchev–Trinajstić information content (AvgIpc) is 2.82. The van der Waals surface area contributed by atoms with Crippen LogP contribution in [0.2, 0.25) is 0 Å². The first kappa shape index (κ1) is 10.8. The Labute approximate surface area is 112 Å². The number of fused-ring (bicyclic) bond motifs is 1. The summed E-state index contributed by atoms with van der Waals surface area (Å²) in [5.74, 6) is 2.99. The van der Waals surface area contributed by atoms with E-state index in [9.17, 15) is 0 Å². The molecule has 15 heavy (non-hydrogen) atoms. The van der Waals surface area contributed by atoms with E-state index in [1.807, 2.05) is 11.3 Å². The molecule has 3 atom stereocenters.